The number of aryl methyl sites for hydroxylation is 1. The molecule has 1 aliphatic rings. The number of nitrogens with zero attached hydrogens (tertiary/aromatic N) is 1. The molecule has 184 valence electrons. The number of H-pyrrole nitrogens is 1. The quantitative estimate of drug-likeness (QED) is 0.476. The third kappa shape index (κ3) is 6.81. The Kier molecular flexibility index (Phi) is 8.74. The zero-order valence-electron chi connectivity index (χ0n) is 19.9. The number of pyridine rings is 1. The summed E-state index contributed by atoms with van der Waals surface area (Å²) in [5.41, 5.74) is 2.86. The Balaban J connectivity index is 1.52. The van der Waals surface area contributed by atoms with Crippen molar-refractivity contribution in [2.45, 2.75) is 25.8 Å². The van der Waals surface area contributed by atoms with Gasteiger partial charge in [-0.25, -0.2) is 0 Å². The highest BCUT2D eigenvalue weighted by Gasteiger charge is 2.24. The number of thioether (sulfide) groups is 1. The van der Waals surface area contributed by atoms with Gasteiger partial charge in [0.15, 0.2) is 0 Å². The highest BCUT2D eigenvalue weighted by atomic mass is 32.2. The van der Waals surface area contributed by atoms with E-state index in [1.54, 1.807) is 12.1 Å². The van der Waals surface area contributed by atoms with Gasteiger partial charge in [0.2, 0.25) is 10.7 Å². The number of benzene rings is 2. The summed E-state index contributed by atoms with van der Waals surface area (Å²) in [6.07, 6.45) is 1.13. The van der Waals surface area contributed by atoms with Crippen molar-refractivity contribution in [1.82, 2.24) is 15.2 Å². The Morgan fingerprint density at radius 3 is 2.60 bits per heavy atom. The number of carbonyl (C=O) groups is 2. The summed E-state index contributed by atoms with van der Waals surface area (Å²) >= 11 is 1.23. The fourth-order valence-corrected chi connectivity index (χ4v) is 5.09. The van der Waals surface area contributed by atoms with Gasteiger partial charge in [-0.2, -0.15) is 0 Å². The van der Waals surface area contributed by atoms with Crippen LogP contribution in [0.4, 0.5) is 0 Å². The zero-order chi connectivity index (χ0) is 24.6. The number of rotatable bonds is 9. The SMILES string of the molecule is CCc1ccc(C(=O)NC(Cc2cc(=O)[nH]c3ccccc23)C(=O)SCCN2CCOCC2)cc1. The molecule has 0 radical (unpaired) electrons. The number of hydrogen-bond donors (Lipinski definition) is 2. The molecule has 0 aliphatic carbocycles. The van der Waals surface area contributed by atoms with E-state index in [9.17, 15) is 14.4 Å². The van der Waals surface area contributed by atoms with Crippen molar-refractivity contribution in [3.8, 4) is 0 Å². The van der Waals surface area contributed by atoms with Gasteiger partial charge in [-0.05, 0) is 35.7 Å². The lowest BCUT2D eigenvalue weighted by Gasteiger charge is -2.26. The van der Waals surface area contributed by atoms with E-state index in [1.807, 2.05) is 36.4 Å². The van der Waals surface area contributed by atoms with E-state index in [4.69, 9.17) is 4.74 Å². The molecule has 0 spiro atoms. The Bertz CT molecular complexity index is 1220. The molecule has 0 bridgehead atoms. The number of amides is 1. The third-order valence-electron chi connectivity index (χ3n) is 6.23. The van der Waals surface area contributed by atoms with E-state index in [0.29, 0.717) is 30.0 Å². The average molecular weight is 494 g/mol. The maximum atomic E-state index is 13.3. The second-order valence-corrected chi connectivity index (χ2v) is 9.71. The number of aromatic nitrogens is 1. The largest absolute Gasteiger partial charge is 0.379 e. The van der Waals surface area contributed by atoms with Crippen molar-refractivity contribution in [3.05, 3.63) is 81.6 Å². The van der Waals surface area contributed by atoms with Crippen molar-refractivity contribution in [2.24, 2.45) is 0 Å². The van der Waals surface area contributed by atoms with Crippen LogP contribution in [0.1, 0.15) is 28.4 Å². The van der Waals surface area contributed by atoms with Gasteiger partial charge in [0, 0.05) is 54.3 Å². The van der Waals surface area contributed by atoms with Gasteiger partial charge < -0.3 is 15.0 Å². The predicted octanol–water partition coefficient (Wildman–Crippen LogP) is 3.02. The van der Waals surface area contributed by atoms with E-state index in [2.05, 4.69) is 22.1 Å². The van der Waals surface area contributed by atoms with Crippen molar-refractivity contribution in [3.63, 3.8) is 0 Å². The molecule has 1 atom stereocenters. The average Bonchev–Trinajstić information content (AvgIpc) is 2.88. The summed E-state index contributed by atoms with van der Waals surface area (Å²) < 4.78 is 5.39. The lowest BCUT2D eigenvalue weighted by molar-refractivity contribution is -0.112. The molecule has 1 fully saturated rings. The Hall–Kier alpha value is -2.94. The van der Waals surface area contributed by atoms with Crippen LogP contribution in [-0.2, 0) is 22.4 Å². The standard InChI is InChI=1S/C27H31N3O4S/c1-2-19-7-9-20(10-8-19)26(32)29-24(27(33)35-16-13-30-11-14-34-15-12-30)17-21-18-25(31)28-23-6-4-3-5-22(21)23/h3-10,18,24H,2,11-17H2,1H3,(H,28,31)(H,29,32). The molecule has 0 saturated carbocycles. The van der Waals surface area contributed by atoms with Crippen LogP contribution < -0.4 is 10.9 Å². The van der Waals surface area contributed by atoms with Crippen LogP contribution in [0.5, 0.6) is 0 Å². The fourth-order valence-electron chi connectivity index (χ4n) is 4.19. The highest BCUT2D eigenvalue weighted by molar-refractivity contribution is 8.13. The topological polar surface area (TPSA) is 91.5 Å². The summed E-state index contributed by atoms with van der Waals surface area (Å²) in [5.74, 6) is 0.334. The van der Waals surface area contributed by atoms with Gasteiger partial charge in [-0.15, -0.1) is 0 Å². The first-order valence-corrected chi connectivity index (χ1v) is 13.0. The van der Waals surface area contributed by atoms with Crippen LogP contribution in [-0.4, -0.2) is 65.5 Å². The maximum absolute atomic E-state index is 13.3. The van der Waals surface area contributed by atoms with E-state index in [0.717, 1.165) is 42.6 Å². The summed E-state index contributed by atoms with van der Waals surface area (Å²) in [5, 5.41) is 3.69. The fraction of sp³-hybridized carbons (Fsp3) is 0.370. The highest BCUT2D eigenvalue weighted by Crippen LogP contribution is 2.19. The number of aromatic amines is 1. The van der Waals surface area contributed by atoms with E-state index in [-0.39, 0.29) is 23.0 Å². The van der Waals surface area contributed by atoms with Gasteiger partial charge in [0.05, 0.1) is 13.2 Å². The first-order valence-electron chi connectivity index (χ1n) is 12.0. The molecule has 2 aromatic carbocycles. The molecule has 2 N–H and O–H groups in total. The number of ether oxygens (including phenoxy) is 1. The number of nitrogens with one attached hydrogen (secondary N) is 2. The van der Waals surface area contributed by atoms with Crippen LogP contribution in [0.3, 0.4) is 0 Å². The Morgan fingerprint density at radius 1 is 1.11 bits per heavy atom. The monoisotopic (exact) mass is 493 g/mol. The molecule has 1 aliphatic heterocycles. The van der Waals surface area contributed by atoms with Gasteiger partial charge in [-0.1, -0.05) is 49.0 Å². The second-order valence-electron chi connectivity index (χ2n) is 8.61. The normalized spacial score (nSPS) is 15.1. The molecule has 1 aromatic heterocycles. The number of carbonyl (C=O) groups excluding carboxylic acids is 2. The predicted molar refractivity (Wildman–Crippen MR) is 140 cm³/mol. The zero-order valence-corrected chi connectivity index (χ0v) is 20.7. The van der Waals surface area contributed by atoms with Gasteiger partial charge in [0.25, 0.3) is 5.91 Å². The molecular formula is C27H31N3O4S. The van der Waals surface area contributed by atoms with Crippen molar-refractivity contribution in [1.29, 1.82) is 0 Å². The van der Waals surface area contributed by atoms with Crippen LogP contribution in [0.25, 0.3) is 10.9 Å². The summed E-state index contributed by atoms with van der Waals surface area (Å²) in [7, 11) is 0. The van der Waals surface area contributed by atoms with Crippen LogP contribution in [0.15, 0.2) is 59.4 Å². The minimum atomic E-state index is -0.756. The van der Waals surface area contributed by atoms with Crippen molar-refractivity contribution < 1.29 is 14.3 Å². The van der Waals surface area contributed by atoms with Gasteiger partial charge >= 0.3 is 0 Å². The van der Waals surface area contributed by atoms with Crippen molar-refractivity contribution in [2.75, 3.05) is 38.6 Å². The van der Waals surface area contributed by atoms with Crippen LogP contribution >= 0.6 is 11.8 Å². The van der Waals surface area contributed by atoms with E-state index >= 15 is 0 Å². The van der Waals surface area contributed by atoms with Crippen LogP contribution in [0, 0.1) is 0 Å². The lowest BCUT2D eigenvalue weighted by Crippen LogP contribution is -2.42. The third-order valence-corrected chi connectivity index (χ3v) is 7.19. The van der Waals surface area contributed by atoms with Gasteiger partial charge in [0.1, 0.15) is 6.04 Å². The Labute approximate surface area is 209 Å². The summed E-state index contributed by atoms with van der Waals surface area (Å²) in [4.78, 5) is 43.7. The molecule has 4 rings (SSSR count). The first-order chi connectivity index (χ1) is 17.0. The number of morpholine rings is 1. The molecule has 7 nitrogen and oxygen atoms in total. The molecule has 35 heavy (non-hydrogen) atoms. The minimum Gasteiger partial charge on any atom is -0.379 e. The molecular weight excluding hydrogens is 462 g/mol. The second kappa shape index (κ2) is 12.2. The number of hydrogen-bond acceptors (Lipinski definition) is 6. The smallest absolute Gasteiger partial charge is 0.251 e. The molecule has 2 heterocycles. The van der Waals surface area contributed by atoms with Crippen molar-refractivity contribution >= 4 is 33.7 Å². The molecule has 1 amide bonds. The Morgan fingerprint density at radius 2 is 1.86 bits per heavy atom. The first kappa shape index (κ1) is 25.2. The van der Waals surface area contributed by atoms with E-state index in [1.165, 1.54) is 17.8 Å². The molecule has 1 unspecified atom stereocenters. The number of para-hydroxylation sites is 1. The van der Waals surface area contributed by atoms with Crippen LogP contribution in [0.2, 0.25) is 0 Å². The summed E-state index contributed by atoms with van der Waals surface area (Å²) in [6.45, 7) is 5.99. The minimum absolute atomic E-state index is 0.110. The lowest BCUT2D eigenvalue weighted by atomic mass is 10.0. The summed E-state index contributed by atoms with van der Waals surface area (Å²) in [6, 6.07) is 15.7. The van der Waals surface area contributed by atoms with Gasteiger partial charge in [-0.3, -0.25) is 19.3 Å². The maximum Gasteiger partial charge on any atom is 0.251 e. The molecule has 3 aromatic rings. The number of fused-ring (bicyclic) bond motifs is 1. The molecule has 8 heteroatoms. The van der Waals surface area contributed by atoms with E-state index < -0.39 is 6.04 Å². The molecule has 1 saturated heterocycles.